The monoisotopic (exact) mass is 282 g/mol. The highest BCUT2D eigenvalue weighted by Crippen LogP contribution is 2.69. The van der Waals surface area contributed by atoms with Gasteiger partial charge in [0, 0.05) is 23.8 Å². The average molecular weight is 282 g/mol. The summed E-state index contributed by atoms with van der Waals surface area (Å²) in [6.07, 6.45) is 6.31. The van der Waals surface area contributed by atoms with Crippen molar-refractivity contribution < 1.29 is 4.79 Å². The third-order valence-corrected chi connectivity index (χ3v) is 6.51. The van der Waals surface area contributed by atoms with Crippen molar-refractivity contribution in [3.05, 3.63) is 23.8 Å². The molecule has 4 aliphatic rings. The van der Waals surface area contributed by atoms with Crippen LogP contribution < -0.4 is 10.6 Å². The summed E-state index contributed by atoms with van der Waals surface area (Å²) in [5.74, 6) is 3.90. The Hall–Kier alpha value is -1.51. The smallest absolute Gasteiger partial charge is 0.230 e. The summed E-state index contributed by atoms with van der Waals surface area (Å²) in [6.45, 7) is 0.876. The van der Waals surface area contributed by atoms with Crippen LogP contribution in [-0.4, -0.2) is 12.5 Å². The van der Waals surface area contributed by atoms with Crippen LogP contribution >= 0.6 is 0 Å². The van der Waals surface area contributed by atoms with Crippen LogP contribution in [0.4, 0.5) is 11.4 Å². The van der Waals surface area contributed by atoms with E-state index in [1.54, 1.807) is 0 Å². The highest BCUT2D eigenvalue weighted by molar-refractivity contribution is 5.98. The number of nitrogen functional groups attached to an aromatic ring is 1. The number of benzene rings is 1. The molecule has 0 saturated heterocycles. The zero-order valence-electron chi connectivity index (χ0n) is 12.3. The molecule has 3 nitrogen and oxygen atoms in total. The van der Waals surface area contributed by atoms with Gasteiger partial charge in [0.1, 0.15) is 0 Å². The molecule has 2 N–H and O–H groups in total. The fourth-order valence-electron chi connectivity index (χ4n) is 5.66. The summed E-state index contributed by atoms with van der Waals surface area (Å²) in [7, 11) is 0. The summed E-state index contributed by atoms with van der Waals surface area (Å²) < 4.78 is 0. The minimum atomic E-state index is 0.337. The Labute approximate surface area is 125 Å². The highest BCUT2D eigenvalue weighted by atomic mass is 16.2. The molecule has 3 aliphatic carbocycles. The quantitative estimate of drug-likeness (QED) is 0.805. The fraction of sp³-hybridized carbons (Fsp3) is 0.611. The Morgan fingerprint density at radius 3 is 2.71 bits per heavy atom. The third-order valence-electron chi connectivity index (χ3n) is 6.51. The van der Waals surface area contributed by atoms with Crippen LogP contribution in [0.2, 0.25) is 0 Å². The molecular formula is C18H22N2O. The fourth-order valence-corrected chi connectivity index (χ4v) is 5.66. The van der Waals surface area contributed by atoms with E-state index in [9.17, 15) is 4.79 Å². The van der Waals surface area contributed by atoms with Crippen molar-refractivity contribution in [2.75, 3.05) is 17.2 Å². The van der Waals surface area contributed by atoms with Gasteiger partial charge in [-0.1, -0.05) is 6.07 Å². The van der Waals surface area contributed by atoms with Crippen LogP contribution in [0.5, 0.6) is 0 Å². The molecule has 3 heteroatoms. The van der Waals surface area contributed by atoms with Crippen LogP contribution in [0.15, 0.2) is 18.2 Å². The van der Waals surface area contributed by atoms with E-state index in [1.807, 2.05) is 12.1 Å². The van der Waals surface area contributed by atoms with Crippen LogP contribution in [0.1, 0.15) is 31.2 Å². The lowest BCUT2D eigenvalue weighted by Gasteiger charge is -2.30. The minimum Gasteiger partial charge on any atom is -0.399 e. The number of anilines is 2. The second-order valence-corrected chi connectivity index (χ2v) is 7.50. The number of fused-ring (bicyclic) bond motifs is 6. The van der Waals surface area contributed by atoms with E-state index >= 15 is 0 Å². The van der Waals surface area contributed by atoms with Crippen LogP contribution in [-0.2, 0) is 11.2 Å². The normalized spacial score (nSPS) is 39.0. The number of hydrogen-bond acceptors (Lipinski definition) is 2. The van der Waals surface area contributed by atoms with Crippen molar-refractivity contribution in [2.24, 2.45) is 29.6 Å². The first kappa shape index (κ1) is 12.1. The van der Waals surface area contributed by atoms with Gasteiger partial charge in [0.15, 0.2) is 0 Å². The number of amides is 1. The Morgan fingerprint density at radius 1 is 1.19 bits per heavy atom. The molecule has 5 rings (SSSR count). The standard InChI is InChI=1S/C18H22N2O/c19-13-6-5-10-2-1-7-20(14(10)9-13)18(21)17-15-11-3-4-12(8-11)16(15)17/h5-6,9,11-12,15-17H,1-4,7-8,19H2. The van der Waals surface area contributed by atoms with Gasteiger partial charge in [0.2, 0.25) is 5.91 Å². The summed E-state index contributed by atoms with van der Waals surface area (Å²) in [4.78, 5) is 15.1. The number of aryl methyl sites for hydroxylation is 1. The minimum absolute atomic E-state index is 0.337. The van der Waals surface area contributed by atoms with Crippen molar-refractivity contribution >= 4 is 17.3 Å². The molecular weight excluding hydrogens is 260 g/mol. The zero-order valence-corrected chi connectivity index (χ0v) is 12.3. The number of rotatable bonds is 1. The molecule has 2 bridgehead atoms. The molecule has 0 aromatic heterocycles. The van der Waals surface area contributed by atoms with E-state index in [-0.39, 0.29) is 0 Å². The third kappa shape index (κ3) is 1.58. The van der Waals surface area contributed by atoms with Crippen molar-refractivity contribution in [2.45, 2.75) is 32.1 Å². The van der Waals surface area contributed by atoms with Crippen LogP contribution in [0.25, 0.3) is 0 Å². The topological polar surface area (TPSA) is 46.3 Å². The summed E-state index contributed by atoms with van der Waals surface area (Å²) in [5, 5.41) is 0. The zero-order chi connectivity index (χ0) is 14.1. The van der Waals surface area contributed by atoms with Gasteiger partial charge in [-0.3, -0.25) is 4.79 Å². The molecule has 1 heterocycles. The van der Waals surface area contributed by atoms with Crippen molar-refractivity contribution in [3.8, 4) is 0 Å². The summed E-state index contributed by atoms with van der Waals surface area (Å²) >= 11 is 0. The van der Waals surface area contributed by atoms with Crippen LogP contribution in [0.3, 0.4) is 0 Å². The molecule has 3 fully saturated rings. The molecule has 3 saturated carbocycles. The Bertz CT molecular complexity index is 610. The second-order valence-electron chi connectivity index (χ2n) is 7.50. The Kier molecular flexibility index (Phi) is 2.31. The maximum Gasteiger partial charge on any atom is 0.230 e. The van der Waals surface area contributed by atoms with Gasteiger partial charge in [-0.15, -0.1) is 0 Å². The predicted octanol–water partition coefficient (Wildman–Crippen LogP) is 2.84. The summed E-state index contributed by atoms with van der Waals surface area (Å²) in [6, 6.07) is 6.06. The number of nitrogens with two attached hydrogens (primary N) is 1. The van der Waals surface area contributed by atoms with Crippen molar-refractivity contribution in [3.63, 3.8) is 0 Å². The second kappa shape index (κ2) is 4.02. The number of nitrogens with zero attached hydrogens (tertiary/aromatic N) is 1. The van der Waals surface area contributed by atoms with Gasteiger partial charge in [0.25, 0.3) is 0 Å². The number of carbonyl (C=O) groups is 1. The molecule has 1 amide bonds. The average Bonchev–Trinajstić information content (AvgIpc) is 2.93. The van der Waals surface area contributed by atoms with E-state index in [1.165, 1.54) is 24.8 Å². The van der Waals surface area contributed by atoms with E-state index in [0.717, 1.165) is 54.4 Å². The van der Waals surface area contributed by atoms with Crippen LogP contribution in [0, 0.1) is 29.6 Å². The molecule has 0 radical (unpaired) electrons. The van der Waals surface area contributed by atoms with Gasteiger partial charge >= 0.3 is 0 Å². The SMILES string of the molecule is Nc1ccc2c(c1)N(C(=O)C1C3C4CCC(C4)C13)CCC2. The molecule has 1 aromatic rings. The predicted molar refractivity (Wildman–Crippen MR) is 82.8 cm³/mol. The van der Waals surface area contributed by atoms with E-state index in [4.69, 9.17) is 5.73 Å². The lowest BCUT2D eigenvalue weighted by atomic mass is 9.98. The van der Waals surface area contributed by atoms with Crippen molar-refractivity contribution in [1.29, 1.82) is 0 Å². The van der Waals surface area contributed by atoms with E-state index in [2.05, 4.69) is 11.0 Å². The lowest BCUT2D eigenvalue weighted by molar-refractivity contribution is -0.120. The number of carbonyl (C=O) groups excluding carboxylic acids is 1. The largest absolute Gasteiger partial charge is 0.399 e. The number of hydrogen-bond donors (Lipinski definition) is 1. The molecule has 110 valence electrons. The van der Waals surface area contributed by atoms with E-state index in [0.29, 0.717) is 11.8 Å². The summed E-state index contributed by atoms with van der Waals surface area (Å²) in [5.41, 5.74) is 9.09. The van der Waals surface area contributed by atoms with Gasteiger partial charge in [-0.25, -0.2) is 0 Å². The molecule has 21 heavy (non-hydrogen) atoms. The van der Waals surface area contributed by atoms with Gasteiger partial charge < -0.3 is 10.6 Å². The van der Waals surface area contributed by atoms with Gasteiger partial charge in [-0.05, 0) is 73.5 Å². The first-order valence-corrected chi connectivity index (χ1v) is 8.44. The Balaban J connectivity index is 1.45. The molecule has 4 atom stereocenters. The first-order chi connectivity index (χ1) is 10.2. The van der Waals surface area contributed by atoms with E-state index < -0.39 is 0 Å². The van der Waals surface area contributed by atoms with Gasteiger partial charge in [0.05, 0.1) is 0 Å². The lowest BCUT2D eigenvalue weighted by Crippen LogP contribution is -2.37. The highest BCUT2D eigenvalue weighted by Gasteiger charge is 2.68. The molecule has 1 aromatic carbocycles. The molecule has 0 spiro atoms. The maximum absolute atomic E-state index is 13.1. The van der Waals surface area contributed by atoms with Gasteiger partial charge in [-0.2, -0.15) is 0 Å². The molecule has 1 aliphatic heterocycles. The maximum atomic E-state index is 13.1. The Morgan fingerprint density at radius 2 is 1.95 bits per heavy atom. The first-order valence-electron chi connectivity index (χ1n) is 8.44. The molecule has 4 unspecified atom stereocenters. The van der Waals surface area contributed by atoms with Crippen molar-refractivity contribution in [1.82, 2.24) is 0 Å².